The largest absolute Gasteiger partial charge is 0.380 e. The normalized spacial score (nSPS) is 30.6. The van der Waals surface area contributed by atoms with Gasteiger partial charge in [-0.3, -0.25) is 4.90 Å². The first-order chi connectivity index (χ1) is 10.3. The second kappa shape index (κ2) is 7.39. The Morgan fingerprint density at radius 3 is 2.81 bits per heavy atom. The first kappa shape index (κ1) is 15.0. The first-order valence-electron chi connectivity index (χ1n) is 8.40. The SMILES string of the molecule is COC1CCCC1NC1CCCN(Cc2ccccc2)C1. The average molecular weight is 288 g/mol. The van der Waals surface area contributed by atoms with E-state index in [2.05, 4.69) is 40.5 Å². The molecule has 3 unspecified atom stereocenters. The molecular formula is C18H28N2O. The molecular weight excluding hydrogens is 260 g/mol. The molecule has 0 bridgehead atoms. The summed E-state index contributed by atoms with van der Waals surface area (Å²) in [6, 6.07) is 12.0. The molecule has 1 aromatic rings. The van der Waals surface area contributed by atoms with Gasteiger partial charge >= 0.3 is 0 Å². The van der Waals surface area contributed by atoms with Gasteiger partial charge in [0.2, 0.25) is 0 Å². The maximum absolute atomic E-state index is 5.61. The van der Waals surface area contributed by atoms with E-state index >= 15 is 0 Å². The van der Waals surface area contributed by atoms with Crippen LogP contribution in [0.5, 0.6) is 0 Å². The minimum atomic E-state index is 0.425. The number of benzene rings is 1. The van der Waals surface area contributed by atoms with E-state index < -0.39 is 0 Å². The van der Waals surface area contributed by atoms with Gasteiger partial charge in [0.05, 0.1) is 6.10 Å². The molecule has 2 fully saturated rings. The van der Waals surface area contributed by atoms with Crippen molar-refractivity contribution in [3.05, 3.63) is 35.9 Å². The maximum Gasteiger partial charge on any atom is 0.0724 e. The molecule has 1 heterocycles. The van der Waals surface area contributed by atoms with Gasteiger partial charge in [0.1, 0.15) is 0 Å². The van der Waals surface area contributed by atoms with Crippen LogP contribution in [0.2, 0.25) is 0 Å². The molecule has 1 aromatic carbocycles. The summed E-state index contributed by atoms with van der Waals surface area (Å²) in [5.74, 6) is 0. The fraction of sp³-hybridized carbons (Fsp3) is 0.667. The number of methoxy groups -OCH3 is 1. The summed E-state index contributed by atoms with van der Waals surface area (Å²) in [7, 11) is 1.85. The van der Waals surface area contributed by atoms with Crippen LogP contribution >= 0.6 is 0 Å². The van der Waals surface area contributed by atoms with Crippen LogP contribution in [0.4, 0.5) is 0 Å². The van der Waals surface area contributed by atoms with Gasteiger partial charge in [-0.1, -0.05) is 30.3 Å². The molecule has 1 N–H and O–H groups in total. The third kappa shape index (κ3) is 4.06. The molecule has 2 aliphatic rings. The van der Waals surface area contributed by atoms with Crippen LogP contribution in [0.1, 0.15) is 37.7 Å². The highest BCUT2D eigenvalue weighted by molar-refractivity contribution is 5.14. The molecule has 1 saturated heterocycles. The van der Waals surface area contributed by atoms with Gasteiger partial charge in [0, 0.05) is 32.3 Å². The standard InChI is InChI=1S/C18H28N2O/c1-21-18-11-5-10-17(18)19-16-9-6-12-20(14-16)13-15-7-3-2-4-8-15/h2-4,7-8,16-19H,5-6,9-14H2,1H3. The molecule has 3 atom stereocenters. The highest BCUT2D eigenvalue weighted by atomic mass is 16.5. The van der Waals surface area contributed by atoms with Crippen LogP contribution in [-0.2, 0) is 11.3 Å². The quantitative estimate of drug-likeness (QED) is 0.901. The van der Waals surface area contributed by atoms with E-state index in [0.29, 0.717) is 18.2 Å². The summed E-state index contributed by atoms with van der Waals surface area (Å²) >= 11 is 0. The van der Waals surface area contributed by atoms with E-state index in [-0.39, 0.29) is 0 Å². The average Bonchev–Trinajstić information content (AvgIpc) is 2.96. The lowest BCUT2D eigenvalue weighted by Crippen LogP contribution is -2.51. The van der Waals surface area contributed by atoms with Crippen LogP contribution in [0.15, 0.2) is 30.3 Å². The summed E-state index contributed by atoms with van der Waals surface area (Å²) in [6.45, 7) is 3.48. The molecule has 21 heavy (non-hydrogen) atoms. The fourth-order valence-electron chi connectivity index (χ4n) is 3.88. The van der Waals surface area contributed by atoms with Crippen molar-refractivity contribution in [1.82, 2.24) is 10.2 Å². The Bertz CT molecular complexity index is 422. The second-order valence-electron chi connectivity index (χ2n) is 6.54. The fourth-order valence-corrected chi connectivity index (χ4v) is 3.88. The zero-order valence-corrected chi connectivity index (χ0v) is 13.1. The molecule has 116 valence electrons. The molecule has 0 aromatic heterocycles. The van der Waals surface area contributed by atoms with Crippen molar-refractivity contribution in [2.75, 3.05) is 20.2 Å². The molecule has 3 heteroatoms. The Labute approximate surface area is 128 Å². The van der Waals surface area contributed by atoms with Crippen LogP contribution in [0, 0.1) is 0 Å². The number of nitrogens with one attached hydrogen (secondary N) is 1. The molecule has 3 nitrogen and oxygen atoms in total. The molecule has 0 amide bonds. The van der Waals surface area contributed by atoms with Crippen LogP contribution < -0.4 is 5.32 Å². The third-order valence-corrected chi connectivity index (χ3v) is 4.96. The second-order valence-corrected chi connectivity index (χ2v) is 6.54. The number of nitrogens with zero attached hydrogens (tertiary/aromatic N) is 1. The number of likely N-dealkylation sites (tertiary alicyclic amines) is 1. The molecule has 1 aliphatic heterocycles. The van der Waals surface area contributed by atoms with E-state index in [9.17, 15) is 0 Å². The van der Waals surface area contributed by atoms with Crippen molar-refractivity contribution in [3.8, 4) is 0 Å². The molecule has 3 rings (SSSR count). The Morgan fingerprint density at radius 1 is 1.14 bits per heavy atom. The van der Waals surface area contributed by atoms with E-state index in [4.69, 9.17) is 4.74 Å². The van der Waals surface area contributed by atoms with Crippen molar-refractivity contribution in [1.29, 1.82) is 0 Å². The summed E-state index contributed by atoms with van der Waals surface area (Å²) in [5, 5.41) is 3.87. The van der Waals surface area contributed by atoms with Crippen LogP contribution in [0.3, 0.4) is 0 Å². The van der Waals surface area contributed by atoms with Crippen LogP contribution in [0.25, 0.3) is 0 Å². The Balaban J connectivity index is 1.51. The third-order valence-electron chi connectivity index (χ3n) is 4.96. The lowest BCUT2D eigenvalue weighted by atomic mass is 10.0. The monoisotopic (exact) mass is 288 g/mol. The molecule has 1 saturated carbocycles. The number of hydrogen-bond acceptors (Lipinski definition) is 3. The van der Waals surface area contributed by atoms with Crippen LogP contribution in [-0.4, -0.2) is 43.3 Å². The van der Waals surface area contributed by atoms with Gasteiger partial charge in [0.15, 0.2) is 0 Å². The highest BCUT2D eigenvalue weighted by Gasteiger charge is 2.30. The van der Waals surface area contributed by atoms with Gasteiger partial charge in [-0.15, -0.1) is 0 Å². The van der Waals surface area contributed by atoms with E-state index in [1.807, 2.05) is 7.11 Å². The van der Waals surface area contributed by atoms with Gasteiger partial charge in [0.25, 0.3) is 0 Å². The minimum absolute atomic E-state index is 0.425. The van der Waals surface area contributed by atoms with E-state index in [1.54, 1.807) is 0 Å². The number of hydrogen-bond donors (Lipinski definition) is 1. The maximum atomic E-state index is 5.61. The lowest BCUT2D eigenvalue weighted by Gasteiger charge is -2.35. The van der Waals surface area contributed by atoms with Gasteiger partial charge in [-0.2, -0.15) is 0 Å². The number of ether oxygens (including phenoxy) is 1. The van der Waals surface area contributed by atoms with Crippen molar-refractivity contribution in [2.45, 2.75) is 56.8 Å². The predicted molar refractivity (Wildman–Crippen MR) is 86.3 cm³/mol. The lowest BCUT2D eigenvalue weighted by molar-refractivity contribution is 0.0736. The van der Waals surface area contributed by atoms with Crippen molar-refractivity contribution in [2.24, 2.45) is 0 Å². The molecule has 0 radical (unpaired) electrons. The van der Waals surface area contributed by atoms with Gasteiger partial charge in [-0.05, 0) is 44.2 Å². The zero-order valence-electron chi connectivity index (χ0n) is 13.1. The number of rotatable bonds is 5. The Kier molecular flexibility index (Phi) is 5.28. The topological polar surface area (TPSA) is 24.5 Å². The van der Waals surface area contributed by atoms with Crippen molar-refractivity contribution in [3.63, 3.8) is 0 Å². The van der Waals surface area contributed by atoms with Gasteiger partial charge < -0.3 is 10.1 Å². The van der Waals surface area contributed by atoms with E-state index in [1.165, 1.54) is 50.8 Å². The summed E-state index contributed by atoms with van der Waals surface area (Å²) in [4.78, 5) is 2.59. The summed E-state index contributed by atoms with van der Waals surface area (Å²) in [6.07, 6.45) is 6.82. The van der Waals surface area contributed by atoms with Crippen molar-refractivity contribution < 1.29 is 4.74 Å². The van der Waals surface area contributed by atoms with E-state index in [0.717, 1.165) is 6.54 Å². The minimum Gasteiger partial charge on any atom is -0.380 e. The molecule has 1 aliphatic carbocycles. The predicted octanol–water partition coefficient (Wildman–Crippen LogP) is 2.81. The highest BCUT2D eigenvalue weighted by Crippen LogP contribution is 2.23. The Morgan fingerprint density at radius 2 is 2.00 bits per heavy atom. The first-order valence-corrected chi connectivity index (χ1v) is 8.40. The summed E-state index contributed by atoms with van der Waals surface area (Å²) in [5.41, 5.74) is 1.42. The summed E-state index contributed by atoms with van der Waals surface area (Å²) < 4.78 is 5.61. The zero-order chi connectivity index (χ0) is 14.5. The Hall–Kier alpha value is -0.900. The smallest absolute Gasteiger partial charge is 0.0724 e. The number of piperidine rings is 1. The van der Waals surface area contributed by atoms with Gasteiger partial charge in [-0.25, -0.2) is 0 Å². The molecule has 0 spiro atoms. The van der Waals surface area contributed by atoms with Crippen molar-refractivity contribution >= 4 is 0 Å².